The molecule has 0 fully saturated rings. The zero-order valence-corrected chi connectivity index (χ0v) is 14.8. The van der Waals surface area contributed by atoms with Crippen molar-refractivity contribution < 1.29 is 4.79 Å². The lowest BCUT2D eigenvalue weighted by Crippen LogP contribution is -2.31. The Hall–Kier alpha value is -2.15. The summed E-state index contributed by atoms with van der Waals surface area (Å²) in [5.41, 5.74) is 1.65. The van der Waals surface area contributed by atoms with Gasteiger partial charge >= 0.3 is 0 Å². The van der Waals surface area contributed by atoms with E-state index in [1.54, 1.807) is 6.20 Å². The van der Waals surface area contributed by atoms with E-state index in [0.29, 0.717) is 5.56 Å². The number of carbonyl (C=O) groups is 1. The average Bonchev–Trinajstić information content (AvgIpc) is 2.99. The molecule has 0 aliphatic rings. The zero-order chi connectivity index (χ0) is 16.2. The number of rotatable bonds is 4. The molecule has 0 radical (unpaired) electrons. The minimum absolute atomic E-state index is 0.111. The van der Waals surface area contributed by atoms with Crippen molar-refractivity contribution in [1.29, 1.82) is 0 Å². The maximum Gasteiger partial charge on any atom is 0.252 e. The van der Waals surface area contributed by atoms with Crippen molar-refractivity contribution in [3.8, 4) is 0 Å². The van der Waals surface area contributed by atoms with Crippen molar-refractivity contribution in [3.05, 3.63) is 87.5 Å². The number of amides is 1. The highest BCUT2D eigenvalue weighted by molar-refractivity contribution is 14.1. The number of nitrogens with one attached hydrogen (secondary N) is 1. The van der Waals surface area contributed by atoms with Crippen molar-refractivity contribution in [3.63, 3.8) is 0 Å². The van der Waals surface area contributed by atoms with Crippen molar-refractivity contribution in [2.45, 2.75) is 6.04 Å². The molecule has 1 aromatic heterocycles. The van der Waals surface area contributed by atoms with Crippen molar-refractivity contribution in [2.24, 2.45) is 7.05 Å². The topological polar surface area (TPSA) is 46.9 Å². The van der Waals surface area contributed by atoms with Gasteiger partial charge in [0.2, 0.25) is 0 Å². The van der Waals surface area contributed by atoms with Gasteiger partial charge in [-0.1, -0.05) is 36.4 Å². The van der Waals surface area contributed by atoms with E-state index >= 15 is 0 Å². The Morgan fingerprint density at radius 3 is 2.61 bits per heavy atom. The average molecular weight is 417 g/mol. The second-order valence-electron chi connectivity index (χ2n) is 5.22. The molecule has 2 aromatic carbocycles. The predicted molar refractivity (Wildman–Crippen MR) is 98.1 cm³/mol. The first-order valence-electron chi connectivity index (χ1n) is 7.24. The van der Waals surface area contributed by atoms with E-state index in [1.165, 1.54) is 0 Å². The third-order valence-corrected chi connectivity index (χ3v) is 4.28. The minimum Gasteiger partial charge on any atom is -0.338 e. The van der Waals surface area contributed by atoms with E-state index in [1.807, 2.05) is 72.4 Å². The van der Waals surface area contributed by atoms with E-state index < -0.39 is 0 Å². The van der Waals surface area contributed by atoms with Crippen LogP contribution in [0.15, 0.2) is 67.0 Å². The van der Waals surface area contributed by atoms with Gasteiger partial charge in [-0.05, 0) is 46.4 Å². The molecule has 0 spiro atoms. The highest BCUT2D eigenvalue weighted by Gasteiger charge is 2.21. The third kappa shape index (κ3) is 3.61. The van der Waals surface area contributed by atoms with Gasteiger partial charge in [0.1, 0.15) is 11.9 Å². The van der Waals surface area contributed by atoms with Crippen LogP contribution in [0.2, 0.25) is 0 Å². The van der Waals surface area contributed by atoms with Gasteiger partial charge in [0.25, 0.3) is 5.91 Å². The fourth-order valence-corrected chi connectivity index (χ4v) is 2.98. The van der Waals surface area contributed by atoms with Gasteiger partial charge in [-0.3, -0.25) is 4.79 Å². The van der Waals surface area contributed by atoms with Crippen LogP contribution in [0.1, 0.15) is 27.8 Å². The van der Waals surface area contributed by atoms with Crippen LogP contribution in [0.3, 0.4) is 0 Å². The molecule has 23 heavy (non-hydrogen) atoms. The number of carbonyl (C=O) groups excluding carboxylic acids is 1. The Balaban J connectivity index is 1.94. The number of aromatic nitrogens is 2. The molecule has 1 N–H and O–H groups in total. The first-order chi connectivity index (χ1) is 11.1. The van der Waals surface area contributed by atoms with Crippen LogP contribution in [0, 0.1) is 3.57 Å². The number of nitrogens with zero attached hydrogens (tertiary/aromatic N) is 2. The molecule has 1 heterocycles. The minimum atomic E-state index is -0.290. The van der Waals surface area contributed by atoms with E-state index in [4.69, 9.17) is 0 Å². The Bertz CT molecular complexity index is 814. The highest BCUT2D eigenvalue weighted by atomic mass is 127. The molecule has 0 aliphatic carbocycles. The van der Waals surface area contributed by atoms with Gasteiger partial charge in [0, 0.05) is 28.6 Å². The first-order valence-corrected chi connectivity index (χ1v) is 8.31. The summed E-state index contributed by atoms with van der Waals surface area (Å²) in [6.45, 7) is 0. The molecule has 1 atom stereocenters. The molecule has 0 bridgehead atoms. The van der Waals surface area contributed by atoms with Gasteiger partial charge in [-0.15, -0.1) is 0 Å². The summed E-state index contributed by atoms with van der Waals surface area (Å²) in [5, 5.41) is 3.09. The zero-order valence-electron chi connectivity index (χ0n) is 12.6. The van der Waals surface area contributed by atoms with E-state index in [-0.39, 0.29) is 11.9 Å². The third-order valence-electron chi connectivity index (χ3n) is 3.61. The number of imidazole rings is 1. The first kappa shape index (κ1) is 15.7. The van der Waals surface area contributed by atoms with Crippen LogP contribution in [0.5, 0.6) is 0 Å². The predicted octanol–water partition coefficient (Wildman–Crippen LogP) is 3.54. The summed E-state index contributed by atoms with van der Waals surface area (Å²) in [4.78, 5) is 17.0. The molecular formula is C18H16IN3O. The summed E-state index contributed by atoms with van der Waals surface area (Å²) >= 11 is 2.20. The lowest BCUT2D eigenvalue weighted by molar-refractivity contribution is 0.0941. The molecule has 0 aliphatic heterocycles. The number of hydrogen-bond acceptors (Lipinski definition) is 2. The molecule has 3 aromatic rings. The molecule has 0 saturated carbocycles. The number of hydrogen-bond donors (Lipinski definition) is 1. The molecule has 0 unspecified atom stereocenters. The Morgan fingerprint density at radius 2 is 1.96 bits per heavy atom. The largest absolute Gasteiger partial charge is 0.338 e. The Morgan fingerprint density at radius 1 is 1.17 bits per heavy atom. The monoisotopic (exact) mass is 417 g/mol. The second-order valence-corrected chi connectivity index (χ2v) is 6.47. The Labute approximate surface area is 148 Å². The van der Waals surface area contributed by atoms with Gasteiger partial charge in [-0.2, -0.15) is 0 Å². The molecule has 3 rings (SSSR count). The van der Waals surface area contributed by atoms with Crippen molar-refractivity contribution in [1.82, 2.24) is 14.9 Å². The molecule has 1 amide bonds. The maximum atomic E-state index is 12.6. The Kier molecular flexibility index (Phi) is 4.76. The summed E-state index contributed by atoms with van der Waals surface area (Å²) in [6.07, 6.45) is 3.62. The molecule has 116 valence electrons. The van der Waals surface area contributed by atoms with Crippen LogP contribution in [-0.4, -0.2) is 15.5 Å². The molecule has 5 heteroatoms. The lowest BCUT2D eigenvalue weighted by Gasteiger charge is -2.19. The lowest BCUT2D eigenvalue weighted by atomic mass is 10.1. The van der Waals surface area contributed by atoms with Gasteiger partial charge < -0.3 is 9.88 Å². The van der Waals surface area contributed by atoms with Crippen molar-refractivity contribution >= 4 is 28.5 Å². The number of aryl methyl sites for hydroxylation is 1. The van der Waals surface area contributed by atoms with Crippen LogP contribution < -0.4 is 5.32 Å². The molecule has 0 saturated heterocycles. The second kappa shape index (κ2) is 6.95. The fraction of sp³-hybridized carbons (Fsp3) is 0.111. The molecular weight excluding hydrogens is 401 g/mol. The quantitative estimate of drug-likeness (QED) is 0.661. The van der Waals surface area contributed by atoms with Crippen LogP contribution in [0.4, 0.5) is 0 Å². The van der Waals surface area contributed by atoms with Gasteiger partial charge in [-0.25, -0.2) is 4.98 Å². The van der Waals surface area contributed by atoms with Crippen LogP contribution in [-0.2, 0) is 7.05 Å². The smallest absolute Gasteiger partial charge is 0.252 e. The standard InChI is InChI=1S/C18H16IN3O/c1-22-11-10-20-17(22)16(13-6-3-2-4-7-13)21-18(23)14-8-5-9-15(19)12-14/h2-12,16H,1H3,(H,21,23)/t16-/m1/s1. The van der Waals surface area contributed by atoms with E-state index in [0.717, 1.165) is 15.0 Å². The summed E-state index contributed by atoms with van der Waals surface area (Å²) in [7, 11) is 1.93. The SMILES string of the molecule is Cn1ccnc1[C@H](NC(=O)c1cccc(I)c1)c1ccccc1. The normalized spacial score (nSPS) is 11.9. The summed E-state index contributed by atoms with van der Waals surface area (Å²) in [5.74, 6) is 0.690. The maximum absolute atomic E-state index is 12.6. The van der Waals surface area contributed by atoms with E-state index in [2.05, 4.69) is 32.9 Å². The van der Waals surface area contributed by atoms with Crippen LogP contribution in [0.25, 0.3) is 0 Å². The molecule has 4 nitrogen and oxygen atoms in total. The number of benzene rings is 2. The number of halogens is 1. The fourth-order valence-electron chi connectivity index (χ4n) is 2.44. The van der Waals surface area contributed by atoms with Gasteiger partial charge in [0.05, 0.1) is 0 Å². The van der Waals surface area contributed by atoms with Crippen LogP contribution >= 0.6 is 22.6 Å². The van der Waals surface area contributed by atoms with Gasteiger partial charge in [0.15, 0.2) is 0 Å². The van der Waals surface area contributed by atoms with Crippen molar-refractivity contribution in [2.75, 3.05) is 0 Å². The summed E-state index contributed by atoms with van der Waals surface area (Å²) in [6, 6.07) is 17.1. The summed E-state index contributed by atoms with van der Waals surface area (Å²) < 4.78 is 2.95. The van der Waals surface area contributed by atoms with E-state index in [9.17, 15) is 4.79 Å². The highest BCUT2D eigenvalue weighted by Crippen LogP contribution is 2.21.